The van der Waals surface area contributed by atoms with Gasteiger partial charge in [-0.3, -0.25) is 14.4 Å². The summed E-state index contributed by atoms with van der Waals surface area (Å²) >= 11 is 0. The van der Waals surface area contributed by atoms with Gasteiger partial charge in [-0.25, -0.2) is 4.79 Å². The second-order valence-corrected chi connectivity index (χ2v) is 25.4. The van der Waals surface area contributed by atoms with E-state index in [-0.39, 0.29) is 82.2 Å². The molecule has 19 atom stereocenters. The number of hydrogen-bond donors (Lipinski definition) is 14. The summed E-state index contributed by atoms with van der Waals surface area (Å²) in [5.41, 5.74) is 5.14. The van der Waals surface area contributed by atoms with Crippen molar-refractivity contribution in [3.63, 3.8) is 0 Å². The van der Waals surface area contributed by atoms with Gasteiger partial charge < -0.3 is 95.8 Å². The minimum Gasteiger partial charge on any atom is -0.462 e. The van der Waals surface area contributed by atoms with E-state index in [1.807, 2.05) is 61.5 Å². The molecule has 7 rings (SSSR count). The van der Waals surface area contributed by atoms with E-state index >= 15 is 0 Å². The molecule has 0 saturated carbocycles. The van der Waals surface area contributed by atoms with Crippen molar-refractivity contribution >= 4 is 23.9 Å². The number of allylic oxidation sites excluding steroid dienone is 12. The molecule has 2 saturated heterocycles. The van der Waals surface area contributed by atoms with Gasteiger partial charge in [0.2, 0.25) is 5.91 Å². The number of amides is 3. The van der Waals surface area contributed by atoms with Crippen LogP contribution in [0.15, 0.2) is 158 Å². The molecule has 4 aliphatic rings. The van der Waals surface area contributed by atoms with Crippen LogP contribution in [-0.2, 0) is 39.8 Å². The van der Waals surface area contributed by atoms with Crippen LogP contribution in [0, 0.1) is 17.8 Å². The maximum atomic E-state index is 14.0. The van der Waals surface area contributed by atoms with E-state index in [1.165, 1.54) is 25.1 Å². The van der Waals surface area contributed by atoms with Gasteiger partial charge in [0.25, 0.3) is 5.91 Å². The zero-order valence-electron chi connectivity index (χ0n) is 54.8. The average molecular weight is 1340 g/mol. The maximum Gasteiger partial charge on any atom is 0.407 e. The summed E-state index contributed by atoms with van der Waals surface area (Å²) in [6.45, 7) is 6.65. The second-order valence-electron chi connectivity index (χ2n) is 25.4. The number of carbonyl (C=O) groups excluding carboxylic acids is 4. The Labute approximate surface area is 560 Å². The first-order chi connectivity index (χ1) is 45.9. The standard InChI is InChI=1S/C73H97N3O20/c1-44-22-15-13-11-9-7-5-6-8-10-12-14-16-23-53(39-62-64(70(89)74-34-21-35-77)61(83)41-73(91,96-62)40-60(82)59(81)33-32-50(78)36-51(79)37-52(80)38-63(84)93-46(3)45(2)66(44)85)95-71-68(87)65(67(86)47(4)94-71)76-69(88)49-30-28-48(29-31-49)42-75-72(90)92-43-58-56-26-19-17-24-54(56)55-25-18-20-27-57(55)58/h5-20,22-31,44-47,50-53,58-62,64-68,71,77-83,85-87,91H,21,32-43H2,1-4H3,(H,74,89)(H,75,90)(H,76,88)/b6-5+,9-7+,10-8+,13-11+,14-12+,22-15+,23-16+/t44-,45-,46-,47+,50+,51+,52+,53-,59+,60+,61-,62-,64+,65-,66+,67+,68-,71-,73+/m0/s1. The lowest BCUT2D eigenvalue weighted by atomic mass is 9.82. The van der Waals surface area contributed by atoms with Crippen molar-refractivity contribution in [2.24, 2.45) is 17.8 Å². The van der Waals surface area contributed by atoms with Gasteiger partial charge in [-0.1, -0.05) is 160 Å². The van der Waals surface area contributed by atoms with Gasteiger partial charge in [0, 0.05) is 62.3 Å². The molecular formula is C73H97N3O20. The number of esters is 1. The van der Waals surface area contributed by atoms with Crippen LogP contribution in [0.1, 0.15) is 118 Å². The fraction of sp³-hybridized carbons (Fsp3) is 0.507. The Bertz CT molecular complexity index is 3140. The highest BCUT2D eigenvalue weighted by molar-refractivity contribution is 5.94. The number of aliphatic hydroxyl groups is 11. The predicted molar refractivity (Wildman–Crippen MR) is 356 cm³/mol. The molecule has 0 spiro atoms. The highest BCUT2D eigenvalue weighted by atomic mass is 16.7. The molecule has 96 heavy (non-hydrogen) atoms. The van der Waals surface area contributed by atoms with E-state index in [0.717, 1.165) is 22.3 Å². The van der Waals surface area contributed by atoms with Crippen LogP contribution < -0.4 is 16.0 Å². The molecule has 23 nitrogen and oxygen atoms in total. The van der Waals surface area contributed by atoms with Crippen LogP contribution >= 0.6 is 0 Å². The first-order valence-corrected chi connectivity index (χ1v) is 33.0. The first-order valence-electron chi connectivity index (χ1n) is 33.0. The lowest BCUT2D eigenvalue weighted by molar-refractivity contribution is -0.309. The van der Waals surface area contributed by atoms with Crippen LogP contribution in [-0.4, -0.2) is 197 Å². The summed E-state index contributed by atoms with van der Waals surface area (Å²) in [7, 11) is 0. The Kier molecular flexibility index (Phi) is 29.9. The molecule has 2 bridgehead atoms. The molecule has 524 valence electrons. The number of hydrogen-bond acceptors (Lipinski definition) is 20. The third kappa shape index (κ3) is 22.5. The van der Waals surface area contributed by atoms with Crippen LogP contribution in [0.25, 0.3) is 11.1 Å². The fourth-order valence-corrected chi connectivity index (χ4v) is 12.4. The highest BCUT2D eigenvalue weighted by Gasteiger charge is 2.51. The quantitative estimate of drug-likeness (QED) is 0.0867. The van der Waals surface area contributed by atoms with E-state index in [9.17, 15) is 75.3 Å². The number of rotatable bonds is 12. The zero-order valence-corrected chi connectivity index (χ0v) is 54.8. The molecule has 0 unspecified atom stereocenters. The molecule has 14 N–H and O–H groups in total. The number of carbonyl (C=O) groups is 4. The van der Waals surface area contributed by atoms with Gasteiger partial charge in [-0.2, -0.15) is 0 Å². The Morgan fingerprint density at radius 1 is 0.625 bits per heavy atom. The van der Waals surface area contributed by atoms with Crippen LogP contribution in [0.4, 0.5) is 4.79 Å². The fourth-order valence-electron chi connectivity index (χ4n) is 12.4. The number of alkyl carbamates (subject to hydrolysis) is 1. The Morgan fingerprint density at radius 2 is 1.21 bits per heavy atom. The van der Waals surface area contributed by atoms with E-state index in [2.05, 4.69) is 16.0 Å². The summed E-state index contributed by atoms with van der Waals surface area (Å²) < 4.78 is 30.0. The zero-order chi connectivity index (χ0) is 69.5. The first kappa shape index (κ1) is 76.3. The third-order valence-electron chi connectivity index (χ3n) is 17.9. The summed E-state index contributed by atoms with van der Waals surface area (Å²) in [4.78, 5) is 53.6. The number of benzene rings is 3. The minimum atomic E-state index is -2.41. The topological polar surface area (TPSA) is 373 Å². The number of aliphatic hydroxyl groups excluding tert-OH is 10. The van der Waals surface area contributed by atoms with Crippen LogP contribution in [0.2, 0.25) is 0 Å². The largest absolute Gasteiger partial charge is 0.462 e. The van der Waals surface area contributed by atoms with Crippen molar-refractivity contribution in [3.8, 4) is 11.1 Å². The van der Waals surface area contributed by atoms with Gasteiger partial charge in [0.1, 0.15) is 24.9 Å². The van der Waals surface area contributed by atoms with E-state index in [0.29, 0.717) is 5.56 Å². The van der Waals surface area contributed by atoms with Crippen LogP contribution in [0.5, 0.6) is 0 Å². The molecule has 2 fully saturated rings. The second kappa shape index (κ2) is 37.6. The van der Waals surface area contributed by atoms with Gasteiger partial charge in [-0.05, 0) is 85.9 Å². The van der Waals surface area contributed by atoms with Gasteiger partial charge >= 0.3 is 12.1 Å². The number of nitrogens with one attached hydrogen (secondary N) is 3. The van der Waals surface area contributed by atoms with Crippen molar-refractivity contribution < 1.29 is 99.0 Å². The summed E-state index contributed by atoms with van der Waals surface area (Å²) in [5.74, 6) is -6.90. The summed E-state index contributed by atoms with van der Waals surface area (Å²) in [6.07, 6.45) is 1.62. The molecule has 3 aromatic rings. The van der Waals surface area contributed by atoms with E-state index in [1.54, 1.807) is 98.9 Å². The number of ether oxygens (including phenoxy) is 5. The Hall–Kier alpha value is -7.04. The third-order valence-corrected chi connectivity index (χ3v) is 17.9. The van der Waals surface area contributed by atoms with E-state index in [4.69, 9.17) is 23.7 Å². The average Bonchev–Trinajstić information content (AvgIpc) is 1.46. The maximum absolute atomic E-state index is 14.0. The molecule has 3 aliphatic heterocycles. The Morgan fingerprint density at radius 3 is 1.83 bits per heavy atom. The van der Waals surface area contributed by atoms with Crippen molar-refractivity contribution in [1.82, 2.24) is 16.0 Å². The summed E-state index contributed by atoms with van der Waals surface area (Å²) in [6, 6.07) is 20.9. The highest BCUT2D eigenvalue weighted by Crippen LogP contribution is 2.45. The van der Waals surface area contributed by atoms with Crippen molar-refractivity contribution in [1.29, 1.82) is 0 Å². The predicted octanol–water partition coefficient (Wildman–Crippen LogP) is 4.64. The smallest absolute Gasteiger partial charge is 0.407 e. The van der Waals surface area contributed by atoms with Crippen molar-refractivity contribution in [2.45, 2.75) is 195 Å². The molecule has 3 heterocycles. The Balaban J connectivity index is 1.06. The van der Waals surface area contributed by atoms with Crippen molar-refractivity contribution in [2.75, 3.05) is 19.8 Å². The SMILES string of the molecule is C[C@@H]1[C@H](O)[C@@H](C)/C=C/C=C/C=C/C=C/C=C/C=C/C=C/[C@H](O[C@@H]2O[C@H](C)[C@@H](O)[C@H](NC(=O)c3ccc(CNC(=O)OCC4c5ccccc5-c5ccccc54)cc3)[C@@H]2O)C[C@@H]2O[C@](O)(C[C@@H](O)[C@H](O)CC[C@@H](O)C[C@@H](O)C[C@@H](O)CC(=O)O[C@H]1C)C[C@H](O)[C@H]2C(=O)NCCCO. The van der Waals surface area contributed by atoms with Crippen molar-refractivity contribution in [3.05, 3.63) is 180 Å². The van der Waals surface area contributed by atoms with E-state index < -0.39 is 152 Å². The normalized spacial score (nSPS) is 34.8. The number of fused-ring (bicyclic) bond motifs is 5. The molecule has 1 aliphatic carbocycles. The monoisotopic (exact) mass is 1340 g/mol. The number of cyclic esters (lactones) is 1. The summed E-state index contributed by atoms with van der Waals surface area (Å²) in [5, 5.41) is 131. The molecule has 3 aromatic carbocycles. The lowest BCUT2D eigenvalue weighted by Crippen LogP contribution is -2.64. The lowest BCUT2D eigenvalue weighted by Gasteiger charge is -2.46. The molecule has 3 amide bonds. The van der Waals surface area contributed by atoms with Gasteiger partial charge in [0.15, 0.2) is 12.1 Å². The minimum absolute atomic E-state index is 0.00180. The molecule has 23 heteroatoms. The van der Waals surface area contributed by atoms with Gasteiger partial charge in [0.05, 0.1) is 79.4 Å². The van der Waals surface area contributed by atoms with Gasteiger partial charge in [-0.15, -0.1) is 0 Å². The van der Waals surface area contributed by atoms with Crippen LogP contribution in [0.3, 0.4) is 0 Å². The molecule has 0 radical (unpaired) electrons. The molecule has 0 aromatic heterocycles. The molecular weight excluding hydrogens is 1240 g/mol.